The zero-order chi connectivity index (χ0) is 11.4. The maximum Gasteiger partial charge on any atom is 0.297 e. The summed E-state index contributed by atoms with van der Waals surface area (Å²) in [4.78, 5) is 2.31. The summed E-state index contributed by atoms with van der Waals surface area (Å²) in [6.07, 6.45) is 4.38. The van der Waals surface area contributed by atoms with E-state index in [4.69, 9.17) is 0 Å². The molecule has 4 heteroatoms. The number of rotatable bonds is 0. The van der Waals surface area contributed by atoms with Gasteiger partial charge in [-0.3, -0.25) is 0 Å². The minimum atomic E-state index is 0.222. The molecule has 2 aromatic heterocycles. The number of aromatic nitrogens is 2. The van der Waals surface area contributed by atoms with Gasteiger partial charge in [0.2, 0.25) is 6.17 Å². The van der Waals surface area contributed by atoms with Gasteiger partial charge in [-0.2, -0.15) is 0 Å². The Bertz CT molecular complexity index is 595. The van der Waals surface area contributed by atoms with Crippen molar-refractivity contribution in [1.82, 2.24) is 0 Å². The summed E-state index contributed by atoms with van der Waals surface area (Å²) >= 11 is 0. The summed E-state index contributed by atoms with van der Waals surface area (Å²) in [5, 5.41) is 0. The molecule has 2 aromatic rings. The lowest BCUT2D eigenvalue weighted by molar-refractivity contribution is -0.656. The van der Waals surface area contributed by atoms with E-state index in [1.807, 2.05) is 12.3 Å². The standard InChI is InChI=1S/C13H13N4/c1-10-13-14-16-9-5-3-7-12(16)17(13)11-6-2-4-8-15(10)11/h2-9,13-14H,1H3/q+1/t13-/m0/s1. The topological polar surface area (TPSA) is 23.0 Å². The lowest BCUT2D eigenvalue weighted by atomic mass is 10.3. The Balaban J connectivity index is 1.95. The Kier molecular flexibility index (Phi) is 1.52. The molecule has 0 saturated carbocycles. The maximum absolute atomic E-state index is 3.48. The van der Waals surface area contributed by atoms with E-state index in [0.29, 0.717) is 0 Å². The molecule has 4 heterocycles. The molecule has 0 radical (unpaired) electrons. The maximum atomic E-state index is 3.48. The van der Waals surface area contributed by atoms with Crippen LogP contribution in [0.3, 0.4) is 0 Å². The summed E-state index contributed by atoms with van der Waals surface area (Å²) in [6.45, 7) is 2.16. The molecule has 0 aliphatic carbocycles. The molecule has 0 aromatic carbocycles. The van der Waals surface area contributed by atoms with E-state index in [2.05, 4.69) is 63.0 Å². The Morgan fingerprint density at radius 3 is 2.76 bits per heavy atom. The molecule has 2 aliphatic heterocycles. The zero-order valence-electron chi connectivity index (χ0n) is 9.54. The predicted octanol–water partition coefficient (Wildman–Crippen LogP) is 0.696. The van der Waals surface area contributed by atoms with Gasteiger partial charge in [-0.1, -0.05) is 18.2 Å². The van der Waals surface area contributed by atoms with Crippen LogP contribution in [0.2, 0.25) is 0 Å². The molecule has 17 heavy (non-hydrogen) atoms. The van der Waals surface area contributed by atoms with Crippen LogP contribution in [0.4, 0.5) is 11.6 Å². The molecule has 0 saturated heterocycles. The first-order valence-corrected chi connectivity index (χ1v) is 5.77. The van der Waals surface area contributed by atoms with Gasteiger partial charge in [0.15, 0.2) is 5.82 Å². The van der Waals surface area contributed by atoms with Crippen LogP contribution in [0.15, 0.2) is 48.8 Å². The van der Waals surface area contributed by atoms with Gasteiger partial charge in [-0.15, -0.1) is 4.68 Å². The minimum Gasteiger partial charge on any atom is -0.360 e. The highest BCUT2D eigenvalue weighted by Crippen LogP contribution is 2.33. The fraction of sp³-hybridized carbons (Fsp3) is 0.154. The number of anilines is 2. The molecule has 1 N–H and O–H groups in total. The average molecular weight is 225 g/mol. The van der Waals surface area contributed by atoms with Crippen molar-refractivity contribution in [3.8, 4) is 0 Å². The molecular formula is C13H13N4+. The number of hydrogen-bond donors (Lipinski definition) is 1. The van der Waals surface area contributed by atoms with Gasteiger partial charge in [0.25, 0.3) is 5.82 Å². The molecule has 4 nitrogen and oxygen atoms in total. The van der Waals surface area contributed by atoms with Crippen molar-refractivity contribution < 1.29 is 9.24 Å². The lowest BCUT2D eigenvalue weighted by Gasteiger charge is -2.13. The molecule has 84 valence electrons. The summed E-state index contributed by atoms with van der Waals surface area (Å²) in [7, 11) is 0. The van der Waals surface area contributed by atoms with E-state index in [-0.39, 0.29) is 6.17 Å². The third-order valence-electron chi connectivity index (χ3n) is 3.47. The molecule has 0 amide bonds. The fourth-order valence-corrected chi connectivity index (χ4v) is 2.65. The molecule has 0 spiro atoms. The van der Waals surface area contributed by atoms with Gasteiger partial charge in [0, 0.05) is 12.1 Å². The fourth-order valence-electron chi connectivity index (χ4n) is 2.65. The molecule has 0 unspecified atom stereocenters. The Labute approximate surface area is 99.7 Å². The number of nitrogens with one attached hydrogen (secondary N) is 1. The highest BCUT2D eigenvalue weighted by molar-refractivity contribution is 5.57. The largest absolute Gasteiger partial charge is 0.360 e. The molecule has 1 atom stereocenters. The van der Waals surface area contributed by atoms with Gasteiger partial charge in [-0.25, -0.2) is 10.3 Å². The number of hydrogen-bond acceptors (Lipinski definition) is 2. The van der Waals surface area contributed by atoms with Gasteiger partial charge in [0.1, 0.15) is 6.20 Å². The second kappa shape index (κ2) is 2.91. The molecule has 0 bridgehead atoms. The predicted molar refractivity (Wildman–Crippen MR) is 62.9 cm³/mol. The first-order chi connectivity index (χ1) is 8.36. The van der Waals surface area contributed by atoms with Crippen LogP contribution in [0, 0.1) is 6.04 Å². The summed E-state index contributed by atoms with van der Waals surface area (Å²) in [6, 6.07) is 13.8. The summed E-state index contributed by atoms with van der Waals surface area (Å²) in [5.41, 5.74) is 3.48. The van der Waals surface area contributed by atoms with Crippen LogP contribution >= 0.6 is 0 Å². The van der Waals surface area contributed by atoms with Crippen molar-refractivity contribution in [1.29, 1.82) is 0 Å². The Morgan fingerprint density at radius 2 is 1.88 bits per heavy atom. The van der Waals surface area contributed by atoms with Crippen LogP contribution < -0.4 is 19.6 Å². The Morgan fingerprint density at radius 1 is 1.12 bits per heavy atom. The number of fused-ring (bicyclic) bond motifs is 5. The third-order valence-corrected chi connectivity index (χ3v) is 3.47. The van der Waals surface area contributed by atoms with Gasteiger partial charge < -0.3 is 4.57 Å². The smallest absolute Gasteiger partial charge is 0.297 e. The van der Waals surface area contributed by atoms with Gasteiger partial charge >= 0.3 is 0 Å². The van der Waals surface area contributed by atoms with Gasteiger partial charge in [-0.05, 0) is 25.3 Å². The second-order valence-electron chi connectivity index (χ2n) is 4.40. The third kappa shape index (κ3) is 0.996. The van der Waals surface area contributed by atoms with E-state index in [9.17, 15) is 0 Å². The van der Waals surface area contributed by atoms with Crippen molar-refractivity contribution in [2.75, 3.05) is 10.3 Å². The highest BCUT2D eigenvalue weighted by Gasteiger charge is 2.46. The highest BCUT2D eigenvalue weighted by atomic mass is 15.6. The lowest BCUT2D eigenvalue weighted by Crippen LogP contribution is -2.50. The SMILES string of the molecule is C[C-]1[C@H]2N[n+]3ccccc3N2c2cccc[n+]21. The molecular weight excluding hydrogens is 212 g/mol. The quantitative estimate of drug-likeness (QED) is 0.527. The van der Waals surface area contributed by atoms with E-state index in [0.717, 1.165) is 0 Å². The van der Waals surface area contributed by atoms with E-state index < -0.39 is 0 Å². The number of pyridine rings is 2. The van der Waals surface area contributed by atoms with Crippen molar-refractivity contribution >= 4 is 11.6 Å². The van der Waals surface area contributed by atoms with Crippen LogP contribution in [0.5, 0.6) is 0 Å². The Hall–Kier alpha value is -2.23. The number of nitrogens with zero attached hydrogens (tertiary/aromatic N) is 3. The monoisotopic (exact) mass is 225 g/mol. The molecule has 2 aliphatic rings. The summed E-state index contributed by atoms with van der Waals surface area (Å²) in [5.74, 6) is 2.38. The average Bonchev–Trinajstić information content (AvgIpc) is 2.88. The van der Waals surface area contributed by atoms with E-state index in [1.54, 1.807) is 0 Å². The van der Waals surface area contributed by atoms with Crippen LogP contribution in [0.25, 0.3) is 0 Å². The normalized spacial score (nSPS) is 19.7. The molecule has 4 rings (SSSR count). The van der Waals surface area contributed by atoms with Crippen LogP contribution in [0.1, 0.15) is 6.92 Å². The van der Waals surface area contributed by atoms with E-state index in [1.165, 1.54) is 17.7 Å². The first-order valence-electron chi connectivity index (χ1n) is 5.77. The van der Waals surface area contributed by atoms with Crippen LogP contribution in [-0.2, 0) is 0 Å². The second-order valence-corrected chi connectivity index (χ2v) is 4.40. The van der Waals surface area contributed by atoms with Crippen LogP contribution in [-0.4, -0.2) is 6.17 Å². The molecule has 0 fully saturated rings. The van der Waals surface area contributed by atoms with Gasteiger partial charge in [0.05, 0.1) is 0 Å². The van der Waals surface area contributed by atoms with E-state index >= 15 is 0 Å². The van der Waals surface area contributed by atoms with Crippen molar-refractivity contribution in [3.63, 3.8) is 0 Å². The van der Waals surface area contributed by atoms with Crippen molar-refractivity contribution in [2.24, 2.45) is 0 Å². The van der Waals surface area contributed by atoms with Crippen molar-refractivity contribution in [3.05, 3.63) is 54.8 Å². The zero-order valence-corrected chi connectivity index (χ0v) is 9.54. The minimum absolute atomic E-state index is 0.222. The summed E-state index contributed by atoms with van der Waals surface area (Å²) < 4.78 is 4.30. The first kappa shape index (κ1) is 8.87. The van der Waals surface area contributed by atoms with Crippen molar-refractivity contribution in [2.45, 2.75) is 13.1 Å².